The first-order chi connectivity index (χ1) is 13.4. The lowest BCUT2D eigenvalue weighted by atomic mass is 10.1. The highest BCUT2D eigenvalue weighted by Crippen LogP contribution is 2.29. The first kappa shape index (κ1) is 19.5. The monoisotopic (exact) mass is 389 g/mol. The zero-order chi connectivity index (χ0) is 20.0. The smallest absolute Gasteiger partial charge is 0.407 e. The lowest BCUT2D eigenvalue weighted by molar-refractivity contribution is -0.137. The van der Waals surface area contributed by atoms with Crippen LogP contribution in [0.4, 0.5) is 18.0 Å². The minimum atomic E-state index is -4.39. The van der Waals surface area contributed by atoms with Crippen molar-refractivity contribution in [2.75, 3.05) is 6.54 Å². The summed E-state index contributed by atoms with van der Waals surface area (Å²) in [6.07, 6.45) is -1.80. The summed E-state index contributed by atoms with van der Waals surface area (Å²) in [6.45, 7) is 0.694. The Morgan fingerprint density at radius 3 is 2.57 bits per heavy atom. The molecule has 5 nitrogen and oxygen atoms in total. The van der Waals surface area contributed by atoms with Gasteiger partial charge >= 0.3 is 12.3 Å². The minimum Gasteiger partial charge on any atom is -0.407 e. The van der Waals surface area contributed by atoms with Crippen LogP contribution in [0.5, 0.6) is 5.75 Å². The largest absolute Gasteiger partial charge is 0.416 e. The molecule has 3 aromatic rings. The van der Waals surface area contributed by atoms with Gasteiger partial charge in [-0.3, -0.25) is 4.68 Å². The van der Waals surface area contributed by atoms with E-state index in [0.29, 0.717) is 12.1 Å². The Morgan fingerprint density at radius 2 is 1.82 bits per heavy atom. The fourth-order valence-corrected chi connectivity index (χ4v) is 2.61. The van der Waals surface area contributed by atoms with Crippen molar-refractivity contribution in [2.45, 2.75) is 19.1 Å². The lowest BCUT2D eigenvalue weighted by Crippen LogP contribution is -2.28. The number of aromatic nitrogens is 2. The molecule has 1 aromatic heterocycles. The Kier molecular flexibility index (Phi) is 5.98. The van der Waals surface area contributed by atoms with Crippen molar-refractivity contribution in [1.29, 1.82) is 0 Å². The van der Waals surface area contributed by atoms with E-state index < -0.39 is 17.8 Å². The zero-order valence-corrected chi connectivity index (χ0v) is 14.8. The number of benzene rings is 2. The normalized spacial score (nSPS) is 11.2. The number of ether oxygens (including phenoxy) is 1. The van der Waals surface area contributed by atoms with Crippen molar-refractivity contribution >= 4 is 6.09 Å². The predicted octanol–water partition coefficient (Wildman–Crippen LogP) is 4.28. The maximum Gasteiger partial charge on any atom is 0.416 e. The van der Waals surface area contributed by atoms with Crippen molar-refractivity contribution in [3.8, 4) is 5.75 Å². The van der Waals surface area contributed by atoms with E-state index in [4.69, 9.17) is 4.74 Å². The fraction of sp³-hybridized carbons (Fsp3) is 0.200. The number of amides is 1. The molecule has 0 saturated carbocycles. The number of carbonyl (C=O) groups is 1. The van der Waals surface area contributed by atoms with Crippen LogP contribution < -0.4 is 10.1 Å². The molecule has 1 heterocycles. The summed E-state index contributed by atoms with van der Waals surface area (Å²) in [5.74, 6) is 0.285. The Balaban J connectivity index is 1.46. The molecule has 0 spiro atoms. The minimum absolute atomic E-state index is 0.151. The number of nitrogens with one attached hydrogen (secondary N) is 1. The van der Waals surface area contributed by atoms with Crippen LogP contribution in [0.15, 0.2) is 67.0 Å². The molecule has 1 N–H and O–H groups in total. The van der Waals surface area contributed by atoms with Gasteiger partial charge in [0.2, 0.25) is 0 Å². The number of rotatable bonds is 6. The molecule has 146 valence electrons. The molecule has 2 aromatic carbocycles. The van der Waals surface area contributed by atoms with Crippen LogP contribution in [0.25, 0.3) is 0 Å². The van der Waals surface area contributed by atoms with Crippen LogP contribution in [0.2, 0.25) is 0 Å². The number of halogens is 3. The molecule has 0 radical (unpaired) electrons. The van der Waals surface area contributed by atoms with Crippen LogP contribution in [-0.2, 0) is 19.1 Å². The van der Waals surface area contributed by atoms with Crippen molar-refractivity contribution in [3.63, 3.8) is 0 Å². The SMILES string of the molecule is O=C(NCCc1cccc(C(F)(F)F)c1)Oc1cnn(Cc2ccccc2)c1. The van der Waals surface area contributed by atoms with E-state index >= 15 is 0 Å². The van der Waals surface area contributed by atoms with Crippen LogP contribution in [0.1, 0.15) is 16.7 Å². The van der Waals surface area contributed by atoms with Gasteiger partial charge in [-0.2, -0.15) is 18.3 Å². The standard InChI is InChI=1S/C20H18F3N3O2/c21-20(22,23)17-8-4-7-15(11-17)9-10-24-19(27)28-18-12-25-26(14-18)13-16-5-2-1-3-6-16/h1-8,11-12,14H,9-10,13H2,(H,24,27). The molecule has 1 amide bonds. The molecule has 0 saturated heterocycles. The Bertz CT molecular complexity index is 924. The second-order valence-corrected chi connectivity index (χ2v) is 6.12. The van der Waals surface area contributed by atoms with E-state index in [2.05, 4.69) is 10.4 Å². The van der Waals surface area contributed by atoms with E-state index in [-0.39, 0.29) is 18.7 Å². The Hall–Kier alpha value is -3.29. The topological polar surface area (TPSA) is 56.1 Å². The molecule has 0 aliphatic heterocycles. The quantitative estimate of drug-likeness (QED) is 0.685. The van der Waals surface area contributed by atoms with Gasteiger partial charge in [-0.15, -0.1) is 0 Å². The molecular formula is C20H18F3N3O2. The van der Waals surface area contributed by atoms with Crippen LogP contribution >= 0.6 is 0 Å². The van der Waals surface area contributed by atoms with Crippen molar-refractivity contribution in [2.24, 2.45) is 0 Å². The maximum atomic E-state index is 12.7. The van der Waals surface area contributed by atoms with Crippen LogP contribution in [0.3, 0.4) is 0 Å². The van der Waals surface area contributed by atoms with Gasteiger partial charge in [-0.05, 0) is 23.6 Å². The highest BCUT2D eigenvalue weighted by Gasteiger charge is 2.30. The summed E-state index contributed by atoms with van der Waals surface area (Å²) >= 11 is 0. The third-order valence-corrected chi connectivity index (χ3v) is 3.94. The summed E-state index contributed by atoms with van der Waals surface area (Å²) in [5, 5.41) is 6.65. The average Bonchev–Trinajstić information content (AvgIpc) is 3.09. The predicted molar refractivity (Wildman–Crippen MR) is 96.9 cm³/mol. The summed E-state index contributed by atoms with van der Waals surface area (Å²) in [6, 6.07) is 14.7. The first-order valence-corrected chi connectivity index (χ1v) is 8.58. The molecular weight excluding hydrogens is 371 g/mol. The highest BCUT2D eigenvalue weighted by atomic mass is 19.4. The van der Waals surface area contributed by atoms with Crippen LogP contribution in [0, 0.1) is 0 Å². The zero-order valence-electron chi connectivity index (χ0n) is 14.8. The van der Waals surface area contributed by atoms with Gasteiger partial charge in [0.05, 0.1) is 24.5 Å². The number of nitrogens with zero attached hydrogens (tertiary/aromatic N) is 2. The van der Waals surface area contributed by atoms with Gasteiger partial charge in [0, 0.05) is 6.54 Å². The molecule has 28 heavy (non-hydrogen) atoms. The molecule has 0 unspecified atom stereocenters. The summed E-state index contributed by atoms with van der Waals surface area (Å²) in [7, 11) is 0. The number of hydrogen-bond acceptors (Lipinski definition) is 3. The van der Waals surface area contributed by atoms with Gasteiger partial charge < -0.3 is 10.1 Å². The average molecular weight is 389 g/mol. The van der Waals surface area contributed by atoms with Gasteiger partial charge in [0.15, 0.2) is 5.75 Å². The van der Waals surface area contributed by atoms with Crippen molar-refractivity contribution < 1.29 is 22.7 Å². The van der Waals surface area contributed by atoms with Gasteiger partial charge in [0.25, 0.3) is 0 Å². The van der Waals surface area contributed by atoms with E-state index in [0.717, 1.165) is 17.7 Å². The summed E-state index contributed by atoms with van der Waals surface area (Å²) in [4.78, 5) is 11.8. The number of hydrogen-bond donors (Lipinski definition) is 1. The van der Waals surface area contributed by atoms with E-state index in [9.17, 15) is 18.0 Å². The number of alkyl halides is 3. The first-order valence-electron chi connectivity index (χ1n) is 8.58. The van der Waals surface area contributed by atoms with Crippen molar-refractivity contribution in [3.05, 3.63) is 83.7 Å². The third-order valence-electron chi connectivity index (χ3n) is 3.94. The lowest BCUT2D eigenvalue weighted by Gasteiger charge is -2.09. The Labute approximate surface area is 159 Å². The highest BCUT2D eigenvalue weighted by molar-refractivity contribution is 5.70. The second kappa shape index (κ2) is 8.60. The second-order valence-electron chi connectivity index (χ2n) is 6.12. The molecule has 0 bridgehead atoms. The Morgan fingerprint density at radius 1 is 1.07 bits per heavy atom. The van der Waals surface area contributed by atoms with Gasteiger partial charge in [0.1, 0.15) is 0 Å². The van der Waals surface area contributed by atoms with Gasteiger partial charge in [-0.25, -0.2) is 4.79 Å². The summed E-state index contributed by atoms with van der Waals surface area (Å²) in [5.41, 5.74) is 0.826. The van der Waals surface area contributed by atoms with E-state index in [1.807, 2.05) is 30.3 Å². The molecule has 3 rings (SSSR count). The molecule has 0 fully saturated rings. The molecule has 0 aliphatic carbocycles. The third kappa shape index (κ3) is 5.60. The molecule has 0 aliphatic rings. The fourth-order valence-electron chi connectivity index (χ4n) is 2.61. The number of carbonyl (C=O) groups excluding carboxylic acids is 1. The van der Waals surface area contributed by atoms with E-state index in [1.165, 1.54) is 12.3 Å². The summed E-state index contributed by atoms with van der Waals surface area (Å²) < 4.78 is 44.9. The van der Waals surface area contributed by atoms with Gasteiger partial charge in [-0.1, -0.05) is 48.5 Å². The molecule has 0 atom stereocenters. The molecule has 8 heteroatoms. The van der Waals surface area contributed by atoms with Crippen molar-refractivity contribution in [1.82, 2.24) is 15.1 Å². The van der Waals surface area contributed by atoms with E-state index in [1.54, 1.807) is 16.9 Å². The van der Waals surface area contributed by atoms with Crippen LogP contribution in [-0.4, -0.2) is 22.4 Å². The maximum absolute atomic E-state index is 12.7.